The molecule has 0 bridgehead atoms. The lowest BCUT2D eigenvalue weighted by atomic mass is 10.2. The van der Waals surface area contributed by atoms with Crippen molar-refractivity contribution in [3.05, 3.63) is 23.7 Å². The molecular weight excluding hydrogens is 238 g/mol. The van der Waals surface area contributed by atoms with Gasteiger partial charge >= 0.3 is 5.97 Å². The summed E-state index contributed by atoms with van der Waals surface area (Å²) in [5.41, 5.74) is 0.226. The van der Waals surface area contributed by atoms with E-state index in [-0.39, 0.29) is 5.56 Å². The maximum atomic E-state index is 11.0. The molecule has 0 amide bonds. The lowest BCUT2D eigenvalue weighted by Gasteiger charge is -2.22. The summed E-state index contributed by atoms with van der Waals surface area (Å²) in [6, 6.07) is 1.48. The summed E-state index contributed by atoms with van der Waals surface area (Å²) in [6.07, 6.45) is 2.23. The number of nitrogens with zero attached hydrogens (tertiary/aromatic N) is 1. The van der Waals surface area contributed by atoms with Gasteiger partial charge in [-0.2, -0.15) is 0 Å². The van der Waals surface area contributed by atoms with Crippen molar-refractivity contribution >= 4 is 5.97 Å². The molecule has 1 aromatic rings. The number of hydrogen-bond acceptors (Lipinski definition) is 5. The van der Waals surface area contributed by atoms with E-state index in [1.165, 1.54) is 12.3 Å². The summed E-state index contributed by atoms with van der Waals surface area (Å²) in [5.74, 6) is -0.950. The van der Waals surface area contributed by atoms with Crippen LogP contribution in [-0.4, -0.2) is 48.1 Å². The van der Waals surface area contributed by atoms with Crippen molar-refractivity contribution in [2.24, 2.45) is 0 Å². The number of aromatic carboxylic acids is 1. The smallest absolute Gasteiger partial charge is 0.339 e. The van der Waals surface area contributed by atoms with Gasteiger partial charge in [0.2, 0.25) is 0 Å². The monoisotopic (exact) mass is 253 g/mol. The molecule has 0 unspecified atom stereocenters. The molecule has 6 heteroatoms. The zero-order valence-corrected chi connectivity index (χ0v) is 9.92. The summed E-state index contributed by atoms with van der Waals surface area (Å²) < 4.78 is 16.5. The molecule has 0 aliphatic carbocycles. The number of rotatable bonds is 3. The van der Waals surface area contributed by atoms with E-state index in [4.69, 9.17) is 19.0 Å². The molecule has 2 aliphatic heterocycles. The number of likely N-dealkylation sites (tertiary alicyclic amines) is 1. The first-order chi connectivity index (χ1) is 8.69. The van der Waals surface area contributed by atoms with Gasteiger partial charge in [-0.15, -0.1) is 0 Å². The van der Waals surface area contributed by atoms with Crippen molar-refractivity contribution in [3.63, 3.8) is 0 Å². The highest BCUT2D eigenvalue weighted by Gasteiger charge is 2.43. The van der Waals surface area contributed by atoms with Crippen LogP contribution in [0.1, 0.15) is 22.5 Å². The summed E-state index contributed by atoms with van der Waals surface area (Å²) in [6.45, 7) is 3.22. The number of furan rings is 1. The Bertz CT molecular complexity index is 449. The van der Waals surface area contributed by atoms with Crippen LogP contribution < -0.4 is 0 Å². The highest BCUT2D eigenvalue weighted by molar-refractivity contribution is 5.88. The van der Waals surface area contributed by atoms with Gasteiger partial charge in [0.25, 0.3) is 0 Å². The molecule has 98 valence electrons. The Balaban J connectivity index is 1.67. The van der Waals surface area contributed by atoms with Crippen molar-refractivity contribution in [1.29, 1.82) is 0 Å². The van der Waals surface area contributed by atoms with Gasteiger partial charge in [-0.3, -0.25) is 4.90 Å². The summed E-state index contributed by atoms with van der Waals surface area (Å²) in [5, 5.41) is 9.01. The Morgan fingerprint density at radius 1 is 1.44 bits per heavy atom. The predicted molar refractivity (Wildman–Crippen MR) is 60.2 cm³/mol. The van der Waals surface area contributed by atoms with Crippen LogP contribution in [0.5, 0.6) is 0 Å². The molecule has 2 fully saturated rings. The van der Waals surface area contributed by atoms with E-state index in [0.717, 1.165) is 13.0 Å². The lowest BCUT2D eigenvalue weighted by Crippen LogP contribution is -2.34. The average Bonchev–Trinajstić information content (AvgIpc) is 3.03. The summed E-state index contributed by atoms with van der Waals surface area (Å²) in [7, 11) is 0. The minimum Gasteiger partial charge on any atom is -0.478 e. The van der Waals surface area contributed by atoms with Crippen LogP contribution in [-0.2, 0) is 16.0 Å². The molecule has 2 saturated heterocycles. The van der Waals surface area contributed by atoms with E-state index in [0.29, 0.717) is 32.1 Å². The fraction of sp³-hybridized carbons (Fsp3) is 0.583. The minimum atomic E-state index is -0.957. The van der Waals surface area contributed by atoms with Crippen molar-refractivity contribution < 1.29 is 23.8 Å². The van der Waals surface area contributed by atoms with Gasteiger partial charge in [0.1, 0.15) is 11.3 Å². The van der Waals surface area contributed by atoms with E-state index in [1.54, 1.807) is 0 Å². The molecule has 1 aromatic heterocycles. The maximum absolute atomic E-state index is 11.0. The van der Waals surface area contributed by atoms with Crippen molar-refractivity contribution in [1.82, 2.24) is 4.90 Å². The zero-order valence-electron chi connectivity index (χ0n) is 9.92. The second-order valence-corrected chi connectivity index (χ2v) is 4.63. The lowest BCUT2D eigenvalue weighted by molar-refractivity contribution is -0.145. The van der Waals surface area contributed by atoms with Crippen molar-refractivity contribution in [2.45, 2.75) is 18.8 Å². The third kappa shape index (κ3) is 2.03. The highest BCUT2D eigenvalue weighted by atomic mass is 16.7. The molecule has 0 radical (unpaired) electrons. The van der Waals surface area contributed by atoms with Crippen LogP contribution in [0.2, 0.25) is 0 Å². The highest BCUT2D eigenvalue weighted by Crippen LogP contribution is 2.31. The van der Waals surface area contributed by atoms with E-state index in [1.807, 2.05) is 0 Å². The third-order valence-corrected chi connectivity index (χ3v) is 3.43. The quantitative estimate of drug-likeness (QED) is 0.863. The average molecular weight is 253 g/mol. The Morgan fingerprint density at radius 3 is 2.94 bits per heavy atom. The summed E-state index contributed by atoms with van der Waals surface area (Å²) >= 11 is 0. The van der Waals surface area contributed by atoms with Crippen molar-refractivity contribution in [3.8, 4) is 0 Å². The number of carbonyl (C=O) groups is 1. The standard InChI is InChI=1S/C12H15NO5/c14-11(15)9-1-4-16-10(9)7-13-3-2-12(8-13)17-5-6-18-12/h1,4H,2-3,5-8H2,(H,14,15). The molecule has 6 nitrogen and oxygen atoms in total. The molecule has 0 atom stereocenters. The number of ether oxygens (including phenoxy) is 2. The second-order valence-electron chi connectivity index (χ2n) is 4.63. The van der Waals surface area contributed by atoms with Crippen LogP contribution in [0.25, 0.3) is 0 Å². The molecular formula is C12H15NO5. The first kappa shape index (κ1) is 11.7. The first-order valence-corrected chi connectivity index (χ1v) is 5.98. The van der Waals surface area contributed by atoms with Gasteiger partial charge in [0.05, 0.1) is 32.6 Å². The van der Waals surface area contributed by atoms with Crippen LogP contribution in [0, 0.1) is 0 Å². The van der Waals surface area contributed by atoms with E-state index >= 15 is 0 Å². The van der Waals surface area contributed by atoms with Crippen LogP contribution in [0.3, 0.4) is 0 Å². The SMILES string of the molecule is O=C(O)c1ccoc1CN1CCC2(C1)OCCO2. The molecule has 3 rings (SSSR count). The predicted octanol–water partition coefficient (Wildman–Crippen LogP) is 0.927. The zero-order chi connectivity index (χ0) is 12.6. The topological polar surface area (TPSA) is 72.1 Å². The van der Waals surface area contributed by atoms with Gasteiger partial charge in [-0.05, 0) is 6.07 Å². The van der Waals surface area contributed by atoms with E-state index in [9.17, 15) is 4.79 Å². The van der Waals surface area contributed by atoms with Gasteiger partial charge < -0.3 is 19.0 Å². The number of hydrogen-bond donors (Lipinski definition) is 1. The Labute approximate surface area is 104 Å². The third-order valence-electron chi connectivity index (χ3n) is 3.43. The van der Waals surface area contributed by atoms with Gasteiger partial charge in [0, 0.05) is 13.0 Å². The Morgan fingerprint density at radius 2 is 2.22 bits per heavy atom. The van der Waals surface area contributed by atoms with Gasteiger partial charge in [-0.25, -0.2) is 4.79 Å². The minimum absolute atomic E-state index is 0.226. The van der Waals surface area contributed by atoms with Crippen LogP contribution in [0.15, 0.2) is 16.7 Å². The second kappa shape index (κ2) is 4.38. The Hall–Kier alpha value is -1.37. The fourth-order valence-corrected chi connectivity index (χ4v) is 2.55. The van der Waals surface area contributed by atoms with Crippen LogP contribution >= 0.6 is 0 Å². The van der Waals surface area contributed by atoms with Gasteiger partial charge in [-0.1, -0.05) is 0 Å². The first-order valence-electron chi connectivity index (χ1n) is 5.98. The van der Waals surface area contributed by atoms with E-state index in [2.05, 4.69) is 4.90 Å². The molecule has 0 saturated carbocycles. The molecule has 2 aliphatic rings. The molecule has 1 spiro atoms. The number of carboxylic acid groups (broad SMARTS) is 1. The van der Waals surface area contributed by atoms with Crippen LogP contribution in [0.4, 0.5) is 0 Å². The number of carboxylic acids is 1. The van der Waals surface area contributed by atoms with E-state index < -0.39 is 11.8 Å². The molecule has 18 heavy (non-hydrogen) atoms. The van der Waals surface area contributed by atoms with Crippen molar-refractivity contribution in [2.75, 3.05) is 26.3 Å². The van der Waals surface area contributed by atoms with Gasteiger partial charge in [0.15, 0.2) is 5.79 Å². The molecule has 3 heterocycles. The normalized spacial score (nSPS) is 22.9. The Kier molecular flexibility index (Phi) is 2.85. The fourth-order valence-electron chi connectivity index (χ4n) is 2.55. The molecule has 0 aromatic carbocycles. The maximum Gasteiger partial charge on any atom is 0.339 e. The molecule has 1 N–H and O–H groups in total. The largest absolute Gasteiger partial charge is 0.478 e. The summed E-state index contributed by atoms with van der Waals surface area (Å²) in [4.78, 5) is 13.1.